The van der Waals surface area contributed by atoms with Crippen molar-refractivity contribution in [3.63, 3.8) is 0 Å². The van der Waals surface area contributed by atoms with Gasteiger partial charge in [-0.3, -0.25) is 0 Å². The number of hydrogen-bond acceptors (Lipinski definition) is 6. The van der Waals surface area contributed by atoms with Crippen LogP contribution in [0.3, 0.4) is 0 Å². The zero-order valence-corrected chi connectivity index (χ0v) is 13.2. The topological polar surface area (TPSA) is 96.3 Å². The molecule has 0 spiro atoms. The summed E-state index contributed by atoms with van der Waals surface area (Å²) in [5, 5.41) is 0.516. The molecule has 0 saturated carbocycles. The van der Waals surface area contributed by atoms with E-state index in [9.17, 15) is 0 Å². The van der Waals surface area contributed by atoms with Crippen molar-refractivity contribution in [3.05, 3.63) is 46.1 Å². The minimum Gasteiger partial charge on any atom is -0.382 e. The molecule has 1 saturated heterocycles. The van der Waals surface area contributed by atoms with Crippen LogP contribution in [-0.4, -0.2) is 23.2 Å². The van der Waals surface area contributed by atoms with E-state index in [1.165, 1.54) is 0 Å². The molecule has 0 bridgehead atoms. The number of ether oxygens (including phenoxy) is 2. The minimum atomic E-state index is -1.22. The molecule has 118 valence electrons. The summed E-state index contributed by atoms with van der Waals surface area (Å²) in [7, 11) is 0. The number of rotatable bonds is 1. The third-order valence-corrected chi connectivity index (χ3v) is 3.74. The molecule has 1 aliphatic heterocycles. The van der Waals surface area contributed by atoms with Gasteiger partial charge >= 0.3 is 0 Å². The fourth-order valence-electron chi connectivity index (χ4n) is 2.35. The molecule has 0 unspecified atom stereocenters. The molecule has 1 aliphatic rings. The number of nitrogen functional groups attached to an aromatic ring is 2. The highest BCUT2D eigenvalue weighted by Crippen LogP contribution is 2.35. The van der Waals surface area contributed by atoms with Crippen LogP contribution in [-0.2, 0) is 15.3 Å². The Morgan fingerprint density at radius 2 is 1.87 bits per heavy atom. The fraction of sp³-hybridized carbons (Fsp3) is 0.250. The van der Waals surface area contributed by atoms with Crippen LogP contribution in [0.5, 0.6) is 0 Å². The van der Waals surface area contributed by atoms with Crippen molar-refractivity contribution in [1.29, 1.82) is 0 Å². The lowest BCUT2D eigenvalue weighted by Gasteiger charge is -2.22. The Kier molecular flexibility index (Phi) is 4.09. The molecular weight excluding hydrogens is 316 g/mol. The lowest BCUT2D eigenvalue weighted by atomic mass is 10.1. The van der Waals surface area contributed by atoms with Crippen LogP contribution in [0.1, 0.15) is 16.8 Å². The number of aryl methyl sites for hydroxylation is 1. The number of nitrogens with two attached hydrogens (primary N) is 2. The largest absolute Gasteiger partial charge is 0.382 e. The molecule has 23 heavy (non-hydrogen) atoms. The molecule has 0 aliphatic carbocycles. The Morgan fingerprint density at radius 1 is 1.17 bits per heavy atom. The van der Waals surface area contributed by atoms with Crippen LogP contribution in [0.25, 0.3) is 0 Å². The average Bonchev–Trinajstić information content (AvgIpc) is 2.96. The van der Waals surface area contributed by atoms with Crippen molar-refractivity contribution in [2.45, 2.75) is 12.7 Å². The SMILES string of the molecule is Cc1nc(N)nc(N)c1C#CC1(c2ccccc2Cl)OCCO1. The molecule has 1 aromatic carbocycles. The summed E-state index contributed by atoms with van der Waals surface area (Å²) in [5.41, 5.74) is 13.2. The van der Waals surface area contributed by atoms with Gasteiger partial charge in [0.2, 0.25) is 5.95 Å². The van der Waals surface area contributed by atoms with E-state index < -0.39 is 5.79 Å². The predicted octanol–water partition coefficient (Wildman–Crippen LogP) is 1.85. The first-order chi connectivity index (χ1) is 11.0. The van der Waals surface area contributed by atoms with Crippen molar-refractivity contribution in [2.24, 2.45) is 0 Å². The van der Waals surface area contributed by atoms with Gasteiger partial charge in [-0.1, -0.05) is 35.7 Å². The van der Waals surface area contributed by atoms with E-state index in [2.05, 4.69) is 21.8 Å². The summed E-state index contributed by atoms with van der Waals surface area (Å²) in [6.07, 6.45) is 0. The highest BCUT2D eigenvalue weighted by Gasteiger charge is 2.38. The first kappa shape index (κ1) is 15.6. The van der Waals surface area contributed by atoms with Crippen LogP contribution in [0.15, 0.2) is 24.3 Å². The third kappa shape index (κ3) is 2.94. The van der Waals surface area contributed by atoms with Gasteiger partial charge in [0, 0.05) is 5.56 Å². The van der Waals surface area contributed by atoms with Gasteiger partial charge in [-0.25, -0.2) is 4.98 Å². The summed E-state index contributed by atoms with van der Waals surface area (Å²) < 4.78 is 11.5. The Balaban J connectivity index is 2.08. The molecular formula is C16H15ClN4O2. The van der Waals surface area contributed by atoms with Crippen LogP contribution in [0.4, 0.5) is 11.8 Å². The third-order valence-electron chi connectivity index (χ3n) is 3.41. The zero-order valence-electron chi connectivity index (χ0n) is 12.5. The van der Waals surface area contributed by atoms with Crippen molar-refractivity contribution in [3.8, 4) is 11.8 Å². The molecule has 0 amide bonds. The number of nitrogens with zero attached hydrogens (tertiary/aromatic N) is 2. The van der Waals surface area contributed by atoms with Crippen molar-refractivity contribution in [1.82, 2.24) is 9.97 Å². The Bertz CT molecular complexity index is 784. The highest BCUT2D eigenvalue weighted by molar-refractivity contribution is 6.31. The van der Waals surface area contributed by atoms with E-state index in [0.717, 1.165) is 0 Å². The molecule has 2 aromatic rings. The number of aromatic nitrogens is 2. The van der Waals surface area contributed by atoms with Gasteiger partial charge in [-0.05, 0) is 18.9 Å². The Morgan fingerprint density at radius 3 is 2.52 bits per heavy atom. The zero-order chi connectivity index (χ0) is 16.4. The van der Waals surface area contributed by atoms with Gasteiger partial charge in [0.1, 0.15) is 5.82 Å². The molecule has 1 fully saturated rings. The fourth-order valence-corrected chi connectivity index (χ4v) is 2.61. The maximum absolute atomic E-state index is 6.27. The van der Waals surface area contributed by atoms with Crippen molar-refractivity contribution in [2.75, 3.05) is 24.7 Å². The average molecular weight is 331 g/mol. The molecule has 4 N–H and O–H groups in total. The van der Waals surface area contributed by atoms with Crippen molar-refractivity contribution < 1.29 is 9.47 Å². The highest BCUT2D eigenvalue weighted by atomic mass is 35.5. The smallest absolute Gasteiger partial charge is 0.263 e. The van der Waals surface area contributed by atoms with E-state index in [-0.39, 0.29) is 11.8 Å². The predicted molar refractivity (Wildman–Crippen MR) is 87.5 cm³/mol. The first-order valence-corrected chi connectivity index (χ1v) is 7.35. The maximum Gasteiger partial charge on any atom is 0.263 e. The second-order valence-electron chi connectivity index (χ2n) is 4.97. The second kappa shape index (κ2) is 6.05. The van der Waals surface area contributed by atoms with Crippen LogP contribution >= 0.6 is 11.6 Å². The number of hydrogen-bond donors (Lipinski definition) is 2. The molecule has 7 heteroatoms. The maximum atomic E-state index is 6.27. The minimum absolute atomic E-state index is 0.111. The molecule has 6 nitrogen and oxygen atoms in total. The van der Waals surface area contributed by atoms with Crippen LogP contribution in [0.2, 0.25) is 5.02 Å². The summed E-state index contributed by atoms with van der Waals surface area (Å²) in [5.74, 6) is 5.05. The van der Waals surface area contributed by atoms with E-state index in [0.29, 0.717) is 35.1 Å². The lowest BCUT2D eigenvalue weighted by molar-refractivity contribution is -0.114. The monoisotopic (exact) mass is 330 g/mol. The van der Waals surface area contributed by atoms with E-state index >= 15 is 0 Å². The van der Waals surface area contributed by atoms with Gasteiger partial charge in [-0.2, -0.15) is 4.98 Å². The first-order valence-electron chi connectivity index (χ1n) is 6.97. The number of benzene rings is 1. The van der Waals surface area contributed by atoms with E-state index in [4.69, 9.17) is 32.5 Å². The summed E-state index contributed by atoms with van der Waals surface area (Å²) in [6.45, 7) is 2.61. The quantitative estimate of drug-likeness (QED) is 0.775. The Labute approximate surface area is 138 Å². The summed E-state index contributed by atoms with van der Waals surface area (Å²) in [4.78, 5) is 8.00. The van der Waals surface area contributed by atoms with Gasteiger partial charge in [-0.15, -0.1) is 0 Å². The van der Waals surface area contributed by atoms with E-state index in [1.54, 1.807) is 13.0 Å². The molecule has 3 rings (SSSR count). The molecule has 2 heterocycles. The lowest BCUT2D eigenvalue weighted by Crippen LogP contribution is -2.25. The van der Waals surface area contributed by atoms with Crippen LogP contribution in [0, 0.1) is 18.8 Å². The van der Waals surface area contributed by atoms with Crippen molar-refractivity contribution >= 4 is 23.4 Å². The number of halogens is 1. The normalized spacial score (nSPS) is 15.9. The molecule has 0 atom stereocenters. The van der Waals surface area contributed by atoms with Gasteiger partial charge in [0.15, 0.2) is 0 Å². The molecule has 0 radical (unpaired) electrons. The van der Waals surface area contributed by atoms with Gasteiger partial charge < -0.3 is 20.9 Å². The van der Waals surface area contributed by atoms with E-state index in [1.807, 2.05) is 18.2 Å². The Hall–Kier alpha value is -2.33. The van der Waals surface area contributed by atoms with Gasteiger partial charge in [0.25, 0.3) is 5.79 Å². The second-order valence-corrected chi connectivity index (χ2v) is 5.38. The van der Waals surface area contributed by atoms with Crippen LogP contribution < -0.4 is 11.5 Å². The standard InChI is InChI=1S/C16H15ClN4O2/c1-10-11(14(18)21-15(19)20-10)6-7-16(22-8-9-23-16)12-4-2-3-5-13(12)17/h2-5H,8-9H2,1H3,(H4,18,19,20,21). The van der Waals surface area contributed by atoms with Gasteiger partial charge in [0.05, 0.1) is 29.5 Å². The number of anilines is 2. The summed E-state index contributed by atoms with van der Waals surface area (Å²) in [6, 6.07) is 7.26. The summed E-state index contributed by atoms with van der Waals surface area (Å²) >= 11 is 6.27. The molecule has 1 aromatic heterocycles.